The highest BCUT2D eigenvalue weighted by Gasteiger charge is 2.34. The number of nitrogens with one attached hydrogen (secondary N) is 2. The van der Waals surface area contributed by atoms with E-state index in [4.69, 9.17) is 0 Å². The van der Waals surface area contributed by atoms with Gasteiger partial charge < -0.3 is 10.4 Å². The molecule has 1 fully saturated rings. The second-order valence-corrected chi connectivity index (χ2v) is 5.48. The highest BCUT2D eigenvalue weighted by Crippen LogP contribution is 2.29. The molecule has 3 N–H and O–H groups in total. The molecule has 9 heteroatoms. The van der Waals surface area contributed by atoms with Gasteiger partial charge in [-0.3, -0.25) is 5.32 Å². The molecule has 0 unspecified atom stereocenters. The summed E-state index contributed by atoms with van der Waals surface area (Å²) < 4.78 is 24.6. The zero-order valence-electron chi connectivity index (χ0n) is 10.0. The first-order valence-electron chi connectivity index (χ1n) is 5.86. The van der Waals surface area contributed by atoms with E-state index < -0.39 is 23.0 Å². The molecule has 1 aliphatic rings. The maximum Gasteiger partial charge on any atom is 0.321 e. The molecule has 1 aliphatic carbocycles. The van der Waals surface area contributed by atoms with E-state index in [-0.39, 0.29) is 11.7 Å². The molecule has 19 heavy (non-hydrogen) atoms. The van der Waals surface area contributed by atoms with Crippen LogP contribution in [0.5, 0.6) is 0 Å². The Morgan fingerprint density at radius 2 is 2.11 bits per heavy atom. The Morgan fingerprint density at radius 1 is 1.42 bits per heavy atom. The zero-order chi connectivity index (χ0) is 13.9. The number of aliphatic hydroxyl groups is 1. The minimum Gasteiger partial charge on any atom is -0.394 e. The van der Waals surface area contributed by atoms with Crippen molar-refractivity contribution >= 4 is 22.5 Å². The van der Waals surface area contributed by atoms with Gasteiger partial charge in [0.05, 0.1) is 12.1 Å². The Hall–Kier alpha value is -1.35. The smallest absolute Gasteiger partial charge is 0.321 e. The summed E-state index contributed by atoms with van der Waals surface area (Å²) >= 11 is 0.627. The Kier molecular flexibility index (Phi) is 4.25. The second-order valence-electron chi connectivity index (χ2n) is 4.47. The van der Waals surface area contributed by atoms with Gasteiger partial charge in [-0.2, -0.15) is 0 Å². The van der Waals surface area contributed by atoms with E-state index in [9.17, 15) is 18.7 Å². The zero-order valence-corrected chi connectivity index (χ0v) is 10.8. The molecular weight excluding hydrogens is 278 g/mol. The SMILES string of the molecule is O=C(Nc1nnc(C(F)F)s1)NC1(CO)CCCC1. The highest BCUT2D eigenvalue weighted by molar-refractivity contribution is 7.15. The lowest BCUT2D eigenvalue weighted by Crippen LogP contribution is -2.50. The van der Waals surface area contributed by atoms with Gasteiger partial charge in [0.25, 0.3) is 6.43 Å². The van der Waals surface area contributed by atoms with Gasteiger partial charge in [-0.15, -0.1) is 10.2 Å². The molecule has 6 nitrogen and oxygen atoms in total. The maximum absolute atomic E-state index is 12.3. The molecule has 0 aromatic carbocycles. The lowest BCUT2D eigenvalue weighted by atomic mass is 9.99. The van der Waals surface area contributed by atoms with Crippen molar-refractivity contribution < 1.29 is 18.7 Å². The van der Waals surface area contributed by atoms with Crippen LogP contribution in [0.25, 0.3) is 0 Å². The molecule has 0 saturated heterocycles. The van der Waals surface area contributed by atoms with Crippen molar-refractivity contribution in [3.05, 3.63) is 5.01 Å². The van der Waals surface area contributed by atoms with Gasteiger partial charge >= 0.3 is 6.03 Å². The Bertz CT molecular complexity index is 448. The number of aromatic nitrogens is 2. The number of hydrogen-bond donors (Lipinski definition) is 3. The molecule has 1 saturated carbocycles. The third kappa shape index (κ3) is 3.35. The van der Waals surface area contributed by atoms with E-state index >= 15 is 0 Å². The molecule has 106 valence electrons. The number of alkyl halides is 2. The van der Waals surface area contributed by atoms with Crippen LogP contribution in [0.3, 0.4) is 0 Å². The fourth-order valence-corrected chi connectivity index (χ4v) is 2.71. The minimum atomic E-state index is -2.70. The van der Waals surface area contributed by atoms with Gasteiger partial charge in [-0.05, 0) is 12.8 Å². The number of amides is 2. The van der Waals surface area contributed by atoms with Crippen LogP contribution in [-0.4, -0.2) is 33.5 Å². The number of carbonyl (C=O) groups is 1. The van der Waals surface area contributed by atoms with Crippen LogP contribution >= 0.6 is 11.3 Å². The number of aliphatic hydroxyl groups excluding tert-OH is 1. The summed E-state index contributed by atoms with van der Waals surface area (Å²) in [6.07, 6.45) is 0.587. The first-order chi connectivity index (χ1) is 9.04. The molecular formula is C10H14F2N4O2S. The van der Waals surface area contributed by atoms with Crippen LogP contribution in [0.4, 0.5) is 18.7 Å². The highest BCUT2D eigenvalue weighted by atomic mass is 32.1. The third-order valence-electron chi connectivity index (χ3n) is 3.09. The molecule has 0 spiro atoms. The number of hydrogen-bond acceptors (Lipinski definition) is 5. The quantitative estimate of drug-likeness (QED) is 0.791. The number of carbonyl (C=O) groups excluding carboxylic acids is 1. The van der Waals surface area contributed by atoms with Gasteiger partial charge in [-0.1, -0.05) is 24.2 Å². The van der Waals surface area contributed by atoms with Crippen molar-refractivity contribution in [2.24, 2.45) is 0 Å². The summed E-state index contributed by atoms with van der Waals surface area (Å²) in [5.74, 6) is 0. The van der Waals surface area contributed by atoms with E-state index in [2.05, 4.69) is 20.8 Å². The molecule has 1 heterocycles. The predicted molar refractivity (Wildman–Crippen MR) is 65.3 cm³/mol. The summed E-state index contributed by atoms with van der Waals surface area (Å²) in [5.41, 5.74) is -0.611. The van der Waals surface area contributed by atoms with Gasteiger partial charge in [0.15, 0.2) is 5.01 Å². The van der Waals surface area contributed by atoms with Crippen LogP contribution in [-0.2, 0) is 0 Å². The summed E-state index contributed by atoms with van der Waals surface area (Å²) in [6.45, 7) is -0.140. The van der Waals surface area contributed by atoms with E-state index in [0.29, 0.717) is 24.2 Å². The van der Waals surface area contributed by atoms with Gasteiger partial charge in [0.2, 0.25) is 5.13 Å². The molecule has 2 amide bonds. The first-order valence-corrected chi connectivity index (χ1v) is 6.68. The van der Waals surface area contributed by atoms with Gasteiger partial charge in [-0.25, -0.2) is 13.6 Å². The summed E-state index contributed by atoms with van der Waals surface area (Å²) in [6, 6.07) is -0.562. The second kappa shape index (κ2) is 5.74. The van der Waals surface area contributed by atoms with Crippen molar-refractivity contribution in [1.29, 1.82) is 0 Å². The predicted octanol–water partition coefficient (Wildman–Crippen LogP) is 1.90. The molecule has 0 atom stereocenters. The Balaban J connectivity index is 1.93. The van der Waals surface area contributed by atoms with E-state index in [1.165, 1.54) is 0 Å². The lowest BCUT2D eigenvalue weighted by molar-refractivity contribution is 0.150. The maximum atomic E-state index is 12.3. The minimum absolute atomic E-state index is 0.0129. The summed E-state index contributed by atoms with van der Waals surface area (Å²) in [7, 11) is 0. The first kappa shape index (κ1) is 14.1. The number of nitrogens with zero attached hydrogens (tertiary/aromatic N) is 2. The van der Waals surface area contributed by atoms with Crippen molar-refractivity contribution in [1.82, 2.24) is 15.5 Å². The number of rotatable bonds is 4. The van der Waals surface area contributed by atoms with Gasteiger partial charge in [0.1, 0.15) is 0 Å². The molecule has 1 aromatic heterocycles. The Labute approximate surface area is 112 Å². The average molecular weight is 292 g/mol. The topological polar surface area (TPSA) is 87.1 Å². The van der Waals surface area contributed by atoms with Crippen molar-refractivity contribution in [3.63, 3.8) is 0 Å². The molecule has 0 aliphatic heterocycles. The normalized spacial score (nSPS) is 17.7. The number of halogens is 2. The molecule has 0 radical (unpaired) electrons. The lowest BCUT2D eigenvalue weighted by Gasteiger charge is -2.27. The van der Waals surface area contributed by atoms with Crippen LogP contribution in [0.1, 0.15) is 37.1 Å². The average Bonchev–Trinajstić information content (AvgIpc) is 2.99. The Morgan fingerprint density at radius 3 is 2.63 bits per heavy atom. The van der Waals surface area contributed by atoms with E-state index in [0.717, 1.165) is 12.8 Å². The van der Waals surface area contributed by atoms with Crippen LogP contribution < -0.4 is 10.6 Å². The fourth-order valence-electron chi connectivity index (χ4n) is 2.12. The standard InChI is InChI=1S/C10H14F2N4O2S/c11-6(12)7-15-16-9(19-7)13-8(18)14-10(5-17)3-1-2-4-10/h6,17H,1-5H2,(H2,13,14,16,18). The van der Waals surface area contributed by atoms with Crippen LogP contribution in [0.15, 0.2) is 0 Å². The fraction of sp³-hybridized carbons (Fsp3) is 0.700. The molecule has 1 aromatic rings. The number of urea groups is 1. The van der Waals surface area contributed by atoms with Crippen molar-refractivity contribution in [3.8, 4) is 0 Å². The largest absolute Gasteiger partial charge is 0.394 e. The molecule has 2 rings (SSSR count). The van der Waals surface area contributed by atoms with E-state index in [1.807, 2.05) is 0 Å². The number of anilines is 1. The van der Waals surface area contributed by atoms with Crippen LogP contribution in [0.2, 0.25) is 0 Å². The van der Waals surface area contributed by atoms with E-state index in [1.54, 1.807) is 0 Å². The summed E-state index contributed by atoms with van der Waals surface area (Å²) in [5, 5.41) is 20.7. The van der Waals surface area contributed by atoms with Crippen molar-refractivity contribution in [2.45, 2.75) is 37.6 Å². The van der Waals surface area contributed by atoms with Gasteiger partial charge in [0, 0.05) is 0 Å². The summed E-state index contributed by atoms with van der Waals surface area (Å²) in [4.78, 5) is 11.7. The van der Waals surface area contributed by atoms with Crippen molar-refractivity contribution in [2.75, 3.05) is 11.9 Å². The third-order valence-corrected chi connectivity index (χ3v) is 3.94. The molecule has 0 bridgehead atoms. The monoisotopic (exact) mass is 292 g/mol. The van der Waals surface area contributed by atoms with Crippen LogP contribution in [0, 0.1) is 0 Å².